The second kappa shape index (κ2) is 11.6. The fourth-order valence-corrected chi connectivity index (χ4v) is 4.92. The first-order chi connectivity index (χ1) is 15.9. The van der Waals surface area contributed by atoms with E-state index in [-0.39, 0.29) is 11.4 Å². The van der Waals surface area contributed by atoms with Crippen LogP contribution in [0.15, 0.2) is 50.7 Å². The molecule has 7 nitrogen and oxygen atoms in total. The summed E-state index contributed by atoms with van der Waals surface area (Å²) in [5.41, 5.74) is 1.27. The molecule has 10 heteroatoms. The Hall–Kier alpha value is -2.43. The van der Waals surface area contributed by atoms with Crippen molar-refractivity contribution in [2.24, 2.45) is 0 Å². The topological polar surface area (TPSA) is 84.9 Å². The third-order valence-electron chi connectivity index (χ3n) is 4.45. The van der Waals surface area contributed by atoms with Gasteiger partial charge in [0.15, 0.2) is 11.5 Å². The second-order valence-electron chi connectivity index (χ2n) is 6.74. The highest BCUT2D eigenvalue weighted by Gasteiger charge is 2.36. The number of halogens is 1. The van der Waals surface area contributed by atoms with E-state index >= 15 is 0 Å². The van der Waals surface area contributed by atoms with E-state index in [1.165, 1.54) is 0 Å². The number of nitrogens with one attached hydrogen (secondary N) is 1. The Labute approximate surface area is 209 Å². The van der Waals surface area contributed by atoms with Crippen molar-refractivity contribution >= 4 is 68.3 Å². The predicted molar refractivity (Wildman–Crippen MR) is 136 cm³/mol. The first-order valence-electron chi connectivity index (χ1n) is 10.1. The van der Waals surface area contributed by atoms with Gasteiger partial charge in [-0.25, -0.2) is 0 Å². The lowest BCUT2D eigenvalue weighted by molar-refractivity contribution is -0.127. The fraction of sp³-hybridized carbons (Fsp3) is 0.261. The van der Waals surface area contributed by atoms with E-state index in [4.69, 9.17) is 9.47 Å². The molecule has 0 radical (unpaired) electrons. The van der Waals surface area contributed by atoms with E-state index in [0.717, 1.165) is 21.6 Å². The fourth-order valence-electron chi connectivity index (χ4n) is 3.05. The molecule has 0 aromatic heterocycles. The van der Waals surface area contributed by atoms with Crippen LogP contribution in [0.1, 0.15) is 19.4 Å². The van der Waals surface area contributed by atoms with Gasteiger partial charge in [-0.2, -0.15) is 0 Å². The number of thioether (sulfide) groups is 2. The van der Waals surface area contributed by atoms with E-state index in [2.05, 4.69) is 21.2 Å². The highest BCUT2D eigenvalue weighted by Crippen LogP contribution is 2.39. The minimum Gasteiger partial charge on any atom is -0.490 e. The van der Waals surface area contributed by atoms with Gasteiger partial charge in [-0.05, 0) is 89.8 Å². The van der Waals surface area contributed by atoms with Crippen molar-refractivity contribution in [1.82, 2.24) is 4.90 Å². The maximum atomic E-state index is 12.8. The Morgan fingerprint density at radius 1 is 1.18 bits per heavy atom. The van der Waals surface area contributed by atoms with Gasteiger partial charge >= 0.3 is 0 Å². The maximum absolute atomic E-state index is 12.8. The van der Waals surface area contributed by atoms with Crippen LogP contribution in [-0.4, -0.2) is 48.0 Å². The summed E-state index contributed by atoms with van der Waals surface area (Å²) in [7, 11) is 0. The largest absolute Gasteiger partial charge is 0.490 e. The molecule has 0 atom stereocenters. The lowest BCUT2D eigenvalue weighted by Gasteiger charge is -2.14. The summed E-state index contributed by atoms with van der Waals surface area (Å²) in [5.74, 6) is 0.151. The van der Waals surface area contributed by atoms with Crippen LogP contribution in [0.3, 0.4) is 0 Å². The number of nitrogens with zero attached hydrogens (tertiary/aromatic N) is 1. The van der Waals surface area contributed by atoms with Crippen LogP contribution in [0, 0.1) is 0 Å². The van der Waals surface area contributed by atoms with E-state index in [0.29, 0.717) is 40.4 Å². The zero-order valence-corrected chi connectivity index (χ0v) is 21.6. The molecular formula is C23H23BrN2O5S2. The van der Waals surface area contributed by atoms with E-state index in [1.54, 1.807) is 36.0 Å². The average molecular weight is 551 g/mol. The molecule has 3 amide bonds. The first-order valence-corrected chi connectivity index (χ1v) is 13.0. The van der Waals surface area contributed by atoms with Crippen LogP contribution in [0.4, 0.5) is 10.5 Å². The monoisotopic (exact) mass is 550 g/mol. The Bertz CT molecular complexity index is 1110. The van der Waals surface area contributed by atoms with Crippen LogP contribution < -0.4 is 14.8 Å². The standard InChI is InChI=1S/C23H23BrN2O5S2/c1-4-30-18-10-14(9-17(24)21(18)31-5-2)11-19-22(28)26(23(29)33-19)13-20(27)25-15-7-6-8-16(12-15)32-3/h6-12H,4-5,13H2,1-3H3,(H,25,27)/b19-11+. The van der Waals surface area contributed by atoms with Crippen molar-refractivity contribution in [2.75, 3.05) is 31.3 Å². The van der Waals surface area contributed by atoms with Crippen molar-refractivity contribution < 1.29 is 23.9 Å². The van der Waals surface area contributed by atoms with Crippen LogP contribution in [0.5, 0.6) is 11.5 Å². The van der Waals surface area contributed by atoms with Gasteiger partial charge in [0.1, 0.15) is 6.54 Å². The SMILES string of the molecule is CCOc1cc(/C=C2/SC(=O)N(CC(=O)Nc3cccc(SC)c3)C2=O)cc(Br)c1OCC. The van der Waals surface area contributed by atoms with Gasteiger partial charge < -0.3 is 14.8 Å². The predicted octanol–water partition coefficient (Wildman–Crippen LogP) is 5.64. The minimum atomic E-state index is -0.513. The second-order valence-corrected chi connectivity index (χ2v) is 9.47. The number of anilines is 1. The lowest BCUT2D eigenvalue weighted by Crippen LogP contribution is -2.36. The molecule has 0 bridgehead atoms. The molecule has 33 heavy (non-hydrogen) atoms. The third kappa shape index (κ3) is 6.33. The minimum absolute atomic E-state index is 0.232. The number of rotatable bonds is 9. The highest BCUT2D eigenvalue weighted by atomic mass is 79.9. The highest BCUT2D eigenvalue weighted by molar-refractivity contribution is 9.10. The molecule has 1 aliphatic heterocycles. The van der Waals surface area contributed by atoms with Crippen molar-refractivity contribution in [2.45, 2.75) is 18.7 Å². The Morgan fingerprint density at radius 2 is 1.94 bits per heavy atom. The van der Waals surface area contributed by atoms with E-state index in [9.17, 15) is 14.4 Å². The number of benzene rings is 2. The zero-order chi connectivity index (χ0) is 24.0. The lowest BCUT2D eigenvalue weighted by atomic mass is 10.2. The van der Waals surface area contributed by atoms with Crippen LogP contribution in [-0.2, 0) is 9.59 Å². The van der Waals surface area contributed by atoms with E-state index < -0.39 is 17.1 Å². The molecule has 0 spiro atoms. The number of ether oxygens (including phenoxy) is 2. The summed E-state index contributed by atoms with van der Waals surface area (Å²) < 4.78 is 12.0. The molecule has 1 N–H and O–H groups in total. The molecule has 2 aromatic rings. The molecule has 1 heterocycles. The Kier molecular flexibility index (Phi) is 8.87. The van der Waals surface area contributed by atoms with Gasteiger partial charge in [-0.1, -0.05) is 6.07 Å². The molecular weight excluding hydrogens is 528 g/mol. The Morgan fingerprint density at radius 3 is 2.64 bits per heavy atom. The van der Waals surface area contributed by atoms with Crippen molar-refractivity contribution in [1.29, 1.82) is 0 Å². The molecule has 1 aliphatic rings. The van der Waals surface area contributed by atoms with E-state index in [1.807, 2.05) is 38.3 Å². The molecule has 2 aromatic carbocycles. The molecule has 1 saturated heterocycles. The molecule has 3 rings (SSSR count). The summed E-state index contributed by atoms with van der Waals surface area (Å²) in [4.78, 5) is 39.9. The number of hydrogen-bond acceptors (Lipinski definition) is 7. The van der Waals surface area contributed by atoms with Crippen molar-refractivity contribution in [3.8, 4) is 11.5 Å². The van der Waals surface area contributed by atoms with Crippen molar-refractivity contribution in [3.05, 3.63) is 51.3 Å². The molecule has 1 fully saturated rings. The van der Waals surface area contributed by atoms with Gasteiger partial charge in [0.25, 0.3) is 11.1 Å². The molecule has 0 saturated carbocycles. The van der Waals surface area contributed by atoms with Crippen LogP contribution >= 0.6 is 39.5 Å². The third-order valence-corrected chi connectivity index (χ3v) is 6.67. The van der Waals surface area contributed by atoms with Gasteiger partial charge in [-0.15, -0.1) is 11.8 Å². The number of carbonyl (C=O) groups excluding carboxylic acids is 3. The molecule has 0 unspecified atom stereocenters. The van der Waals surface area contributed by atoms with Crippen LogP contribution in [0.2, 0.25) is 0 Å². The zero-order valence-electron chi connectivity index (χ0n) is 18.3. The van der Waals surface area contributed by atoms with Crippen molar-refractivity contribution in [3.63, 3.8) is 0 Å². The van der Waals surface area contributed by atoms with Crippen LogP contribution in [0.25, 0.3) is 6.08 Å². The average Bonchev–Trinajstić information content (AvgIpc) is 3.03. The Balaban J connectivity index is 1.76. The summed E-state index contributed by atoms with van der Waals surface area (Å²) >= 11 is 5.82. The smallest absolute Gasteiger partial charge is 0.294 e. The van der Waals surface area contributed by atoms with Gasteiger partial charge in [0.05, 0.1) is 22.6 Å². The quantitative estimate of drug-likeness (QED) is 0.319. The summed E-state index contributed by atoms with van der Waals surface area (Å²) in [6.45, 7) is 4.30. The van der Waals surface area contributed by atoms with Gasteiger partial charge in [0, 0.05) is 10.6 Å². The normalized spacial score (nSPS) is 14.7. The number of hydrogen-bond donors (Lipinski definition) is 1. The molecule has 174 valence electrons. The summed E-state index contributed by atoms with van der Waals surface area (Å²) in [5, 5.41) is 2.24. The summed E-state index contributed by atoms with van der Waals surface area (Å²) in [6, 6.07) is 10.9. The molecule has 0 aliphatic carbocycles. The van der Waals surface area contributed by atoms with Gasteiger partial charge in [0.2, 0.25) is 5.91 Å². The summed E-state index contributed by atoms with van der Waals surface area (Å²) in [6.07, 6.45) is 3.54. The number of amides is 3. The number of carbonyl (C=O) groups is 3. The maximum Gasteiger partial charge on any atom is 0.294 e. The first kappa shape index (κ1) is 25.2. The van der Waals surface area contributed by atoms with Gasteiger partial charge in [-0.3, -0.25) is 19.3 Å². The number of imide groups is 1.